The minimum atomic E-state index is 0.516. The van der Waals surface area contributed by atoms with Crippen molar-refractivity contribution in [3.8, 4) is 5.88 Å². The zero-order valence-corrected chi connectivity index (χ0v) is 11.3. The Hall–Kier alpha value is -1.20. The van der Waals surface area contributed by atoms with Crippen LogP contribution in [0.25, 0.3) is 0 Å². The summed E-state index contributed by atoms with van der Waals surface area (Å²) in [5.74, 6) is 0.550. The number of nitrogens with zero attached hydrogens (tertiary/aromatic N) is 2. The Bertz CT molecular complexity index is 304. The van der Waals surface area contributed by atoms with Crippen LogP contribution in [0.15, 0.2) is 12.1 Å². The van der Waals surface area contributed by atoms with Crippen molar-refractivity contribution in [1.82, 2.24) is 15.5 Å². The van der Waals surface area contributed by atoms with Crippen LogP contribution >= 0.6 is 0 Å². The van der Waals surface area contributed by atoms with Crippen LogP contribution in [0.4, 0.5) is 0 Å². The standard InChI is InChI=1S/C13H23N3O2/c1-3-7-14-11-12-5-6-13(16-15-12)18-10-9-17-8-4-2/h5-6,14H,3-4,7-11H2,1-2H3. The van der Waals surface area contributed by atoms with E-state index in [1.165, 1.54) is 0 Å². The van der Waals surface area contributed by atoms with Crippen LogP contribution in [0.2, 0.25) is 0 Å². The first-order chi connectivity index (χ1) is 8.86. The second-order valence-corrected chi connectivity index (χ2v) is 4.00. The van der Waals surface area contributed by atoms with Gasteiger partial charge in [0.05, 0.1) is 12.3 Å². The molecule has 102 valence electrons. The van der Waals surface area contributed by atoms with E-state index < -0.39 is 0 Å². The highest BCUT2D eigenvalue weighted by atomic mass is 16.5. The van der Waals surface area contributed by atoms with Crippen molar-refractivity contribution in [2.24, 2.45) is 0 Å². The van der Waals surface area contributed by atoms with Gasteiger partial charge in [0.15, 0.2) is 0 Å². The molecule has 0 spiro atoms. The Balaban J connectivity index is 2.19. The quantitative estimate of drug-likeness (QED) is 0.644. The van der Waals surface area contributed by atoms with E-state index >= 15 is 0 Å². The van der Waals surface area contributed by atoms with Crippen LogP contribution in [0.1, 0.15) is 32.4 Å². The van der Waals surface area contributed by atoms with Crippen molar-refractivity contribution in [3.05, 3.63) is 17.8 Å². The molecular weight excluding hydrogens is 230 g/mol. The average molecular weight is 253 g/mol. The summed E-state index contributed by atoms with van der Waals surface area (Å²) in [6, 6.07) is 3.77. The molecule has 0 saturated carbocycles. The minimum absolute atomic E-state index is 0.516. The largest absolute Gasteiger partial charge is 0.474 e. The molecule has 0 fully saturated rings. The van der Waals surface area contributed by atoms with Gasteiger partial charge in [-0.25, -0.2) is 0 Å². The molecule has 1 N–H and O–H groups in total. The molecule has 5 nitrogen and oxygen atoms in total. The van der Waals surface area contributed by atoms with Crippen LogP contribution < -0.4 is 10.1 Å². The lowest BCUT2D eigenvalue weighted by molar-refractivity contribution is 0.0986. The van der Waals surface area contributed by atoms with Gasteiger partial charge in [0, 0.05) is 19.2 Å². The molecule has 5 heteroatoms. The molecule has 1 rings (SSSR count). The van der Waals surface area contributed by atoms with Gasteiger partial charge in [0.25, 0.3) is 0 Å². The molecule has 0 unspecified atom stereocenters. The van der Waals surface area contributed by atoms with E-state index in [1.54, 1.807) is 0 Å². The van der Waals surface area contributed by atoms with Crippen LogP contribution in [-0.4, -0.2) is 36.6 Å². The van der Waals surface area contributed by atoms with E-state index in [9.17, 15) is 0 Å². The smallest absolute Gasteiger partial charge is 0.233 e. The molecule has 0 bridgehead atoms. The second-order valence-electron chi connectivity index (χ2n) is 4.00. The Morgan fingerprint density at radius 3 is 2.61 bits per heavy atom. The van der Waals surface area contributed by atoms with Crippen molar-refractivity contribution in [3.63, 3.8) is 0 Å². The predicted octanol–water partition coefficient (Wildman–Crippen LogP) is 1.78. The maximum absolute atomic E-state index is 5.41. The SMILES string of the molecule is CCCNCc1ccc(OCCOCCC)nn1. The fourth-order valence-electron chi connectivity index (χ4n) is 1.36. The third kappa shape index (κ3) is 6.51. The van der Waals surface area contributed by atoms with E-state index in [0.29, 0.717) is 19.1 Å². The third-order valence-electron chi connectivity index (χ3n) is 2.25. The third-order valence-corrected chi connectivity index (χ3v) is 2.25. The zero-order valence-electron chi connectivity index (χ0n) is 11.3. The number of aromatic nitrogens is 2. The molecule has 0 atom stereocenters. The Kier molecular flexibility index (Phi) is 8.08. The first kappa shape index (κ1) is 14.9. The molecular formula is C13H23N3O2. The molecule has 1 aromatic rings. The van der Waals surface area contributed by atoms with Crippen molar-refractivity contribution < 1.29 is 9.47 Å². The highest BCUT2D eigenvalue weighted by Gasteiger charge is 1.98. The number of hydrogen-bond donors (Lipinski definition) is 1. The Labute approximate surface area is 109 Å². The van der Waals surface area contributed by atoms with Gasteiger partial charge in [-0.3, -0.25) is 0 Å². The maximum atomic E-state index is 5.41. The van der Waals surface area contributed by atoms with Gasteiger partial charge >= 0.3 is 0 Å². The molecule has 0 aliphatic carbocycles. The van der Waals surface area contributed by atoms with Crippen LogP contribution in [-0.2, 0) is 11.3 Å². The lowest BCUT2D eigenvalue weighted by atomic mass is 10.3. The minimum Gasteiger partial charge on any atom is -0.474 e. The molecule has 0 aliphatic rings. The van der Waals surface area contributed by atoms with Crippen LogP contribution in [0.3, 0.4) is 0 Å². The second kappa shape index (κ2) is 9.79. The first-order valence-electron chi connectivity index (χ1n) is 6.60. The topological polar surface area (TPSA) is 56.3 Å². The molecule has 0 radical (unpaired) electrons. The Morgan fingerprint density at radius 2 is 1.94 bits per heavy atom. The monoisotopic (exact) mass is 253 g/mol. The molecule has 18 heavy (non-hydrogen) atoms. The van der Waals surface area contributed by atoms with Gasteiger partial charge in [-0.15, -0.1) is 5.10 Å². The first-order valence-corrected chi connectivity index (χ1v) is 6.60. The van der Waals surface area contributed by atoms with Crippen molar-refractivity contribution in [1.29, 1.82) is 0 Å². The zero-order chi connectivity index (χ0) is 13.1. The summed E-state index contributed by atoms with van der Waals surface area (Å²) >= 11 is 0. The number of ether oxygens (including phenoxy) is 2. The van der Waals surface area contributed by atoms with Gasteiger partial charge in [-0.05, 0) is 25.5 Å². The summed E-state index contributed by atoms with van der Waals surface area (Å²) < 4.78 is 10.7. The normalized spacial score (nSPS) is 10.6. The molecule has 1 aromatic heterocycles. The molecule has 0 amide bonds. The van der Waals surface area contributed by atoms with Gasteiger partial charge < -0.3 is 14.8 Å². The highest BCUT2D eigenvalue weighted by molar-refractivity contribution is 5.11. The maximum Gasteiger partial charge on any atom is 0.233 e. The lowest BCUT2D eigenvalue weighted by Crippen LogP contribution is -2.15. The summed E-state index contributed by atoms with van der Waals surface area (Å²) in [5, 5.41) is 11.4. The highest BCUT2D eigenvalue weighted by Crippen LogP contribution is 2.04. The fraction of sp³-hybridized carbons (Fsp3) is 0.692. The summed E-state index contributed by atoms with van der Waals surface area (Å²) in [7, 11) is 0. The van der Waals surface area contributed by atoms with E-state index in [2.05, 4.69) is 29.4 Å². The van der Waals surface area contributed by atoms with Crippen LogP contribution in [0, 0.1) is 0 Å². The van der Waals surface area contributed by atoms with Crippen molar-refractivity contribution >= 4 is 0 Å². The molecule has 1 heterocycles. The predicted molar refractivity (Wildman–Crippen MR) is 70.6 cm³/mol. The van der Waals surface area contributed by atoms with E-state index in [-0.39, 0.29) is 0 Å². The molecule has 0 aliphatic heterocycles. The number of nitrogens with one attached hydrogen (secondary N) is 1. The number of hydrogen-bond acceptors (Lipinski definition) is 5. The van der Waals surface area contributed by atoms with Gasteiger partial charge in [0.2, 0.25) is 5.88 Å². The van der Waals surface area contributed by atoms with Crippen molar-refractivity contribution in [2.45, 2.75) is 33.2 Å². The summed E-state index contributed by atoms with van der Waals surface area (Å²) in [4.78, 5) is 0. The Morgan fingerprint density at radius 1 is 1.06 bits per heavy atom. The molecule has 0 aromatic carbocycles. The fourth-order valence-corrected chi connectivity index (χ4v) is 1.36. The van der Waals surface area contributed by atoms with E-state index in [1.807, 2.05) is 12.1 Å². The van der Waals surface area contributed by atoms with Gasteiger partial charge in [-0.2, -0.15) is 5.10 Å². The van der Waals surface area contributed by atoms with Crippen molar-refractivity contribution in [2.75, 3.05) is 26.4 Å². The van der Waals surface area contributed by atoms with Gasteiger partial charge in [0.1, 0.15) is 6.61 Å². The summed E-state index contributed by atoms with van der Waals surface area (Å²) in [6.45, 7) is 7.85. The average Bonchev–Trinajstić information content (AvgIpc) is 2.40. The van der Waals surface area contributed by atoms with E-state index in [4.69, 9.17) is 9.47 Å². The lowest BCUT2D eigenvalue weighted by Gasteiger charge is -2.06. The number of rotatable bonds is 10. The summed E-state index contributed by atoms with van der Waals surface area (Å²) in [6.07, 6.45) is 2.14. The van der Waals surface area contributed by atoms with E-state index in [0.717, 1.165) is 38.2 Å². The van der Waals surface area contributed by atoms with Crippen LogP contribution in [0.5, 0.6) is 5.88 Å². The van der Waals surface area contributed by atoms with Gasteiger partial charge in [-0.1, -0.05) is 13.8 Å². The summed E-state index contributed by atoms with van der Waals surface area (Å²) in [5.41, 5.74) is 0.929. The molecule has 0 saturated heterocycles.